The van der Waals surface area contributed by atoms with Crippen LogP contribution in [0.25, 0.3) is 23.8 Å². The van der Waals surface area contributed by atoms with E-state index < -0.39 is 18.0 Å². The van der Waals surface area contributed by atoms with Gasteiger partial charge in [0, 0.05) is 68.6 Å². The zero-order chi connectivity index (χ0) is 36.0. The number of H-pyrrole nitrogens is 3. The molecule has 0 saturated carbocycles. The Kier molecular flexibility index (Phi) is 9.91. The lowest BCUT2D eigenvalue weighted by Gasteiger charge is -2.21. The van der Waals surface area contributed by atoms with E-state index in [1.807, 2.05) is 19.9 Å². The Morgan fingerprint density at radius 2 is 1.60 bits per heavy atom. The lowest BCUT2D eigenvalue weighted by atomic mass is 9.84. The predicted molar refractivity (Wildman–Crippen MR) is 197 cm³/mol. The van der Waals surface area contributed by atoms with Crippen LogP contribution in [0.4, 0.5) is 0 Å². The fraction of sp³-hybridized carbons (Fsp3) is 0.463. The second-order valence-corrected chi connectivity index (χ2v) is 14.1. The zero-order valence-corrected chi connectivity index (χ0v) is 30.9. The van der Waals surface area contributed by atoms with Gasteiger partial charge in [-0.15, -0.1) is 0 Å². The Morgan fingerprint density at radius 3 is 2.28 bits per heavy atom. The first-order chi connectivity index (χ1) is 23.9. The monoisotopic (exact) mass is 680 g/mol. The Labute approximate surface area is 294 Å². The average molecular weight is 681 g/mol. The van der Waals surface area contributed by atoms with Crippen LogP contribution in [0.5, 0.6) is 0 Å². The molecule has 0 unspecified atom stereocenters. The molecule has 5 heterocycles. The summed E-state index contributed by atoms with van der Waals surface area (Å²) in [6.07, 6.45) is 10.7. The molecule has 3 aromatic heterocycles. The van der Waals surface area contributed by atoms with E-state index >= 15 is 0 Å². The number of aromatic nitrogens is 3. The topological polar surface area (TPSA) is 132 Å². The second kappa shape index (κ2) is 14.0. The third-order valence-corrected chi connectivity index (χ3v) is 11.4. The van der Waals surface area contributed by atoms with Crippen LogP contribution in [0.2, 0.25) is 0 Å². The SMILES string of the molecule is CC/C(C)=C\COC(=O)CC[C@@H]1/C2=C3/c4[nH]c(c(C)c4[C@H](O)[C@@H]3C(=O)OC)/C=c3\[nH]/c(c(C)c3CC)=C\c3[nH]c(c(C)c3CC)/C=C(\N2)[C@H]1C. The second-order valence-electron chi connectivity index (χ2n) is 14.1. The highest BCUT2D eigenvalue weighted by molar-refractivity contribution is 5.95. The summed E-state index contributed by atoms with van der Waals surface area (Å²) in [5, 5.41) is 17.7. The molecular weight excluding hydrogens is 628 g/mol. The van der Waals surface area contributed by atoms with Crippen LogP contribution in [0.1, 0.15) is 116 Å². The molecule has 5 N–H and O–H groups in total. The maximum atomic E-state index is 13.5. The highest BCUT2D eigenvalue weighted by Gasteiger charge is 2.48. The van der Waals surface area contributed by atoms with Crippen LogP contribution >= 0.6 is 0 Å². The number of carbonyl (C=O) groups excluding carboxylic acids is 2. The van der Waals surface area contributed by atoms with Gasteiger partial charge in [-0.2, -0.15) is 0 Å². The van der Waals surface area contributed by atoms with Gasteiger partial charge < -0.3 is 34.8 Å². The van der Waals surface area contributed by atoms with E-state index in [1.165, 1.54) is 34.9 Å². The standard InChI is InChI=1S/C41H52N4O5/c1-10-20(4)15-16-50-34(46)14-13-27-23(7)30-17-28-21(5)25(11-2)32(42-28)18-29-22(6)26(12-3)33(43-29)19-31-24(8)35-39(45-31)36(38(27)44-30)37(40(35)47)41(48)49-9/h15,17-19,23,27,37,40,42-45,47H,10-14,16H2,1-9H3/b20-15-,29-18-,30-17-,33-19-,38-36-/t23-,27-,37+,40-/m0/s1. The van der Waals surface area contributed by atoms with Gasteiger partial charge in [0.1, 0.15) is 12.5 Å². The summed E-state index contributed by atoms with van der Waals surface area (Å²) in [5.41, 5.74) is 13.8. The Hall–Kier alpha value is -4.50. The molecule has 50 heavy (non-hydrogen) atoms. The summed E-state index contributed by atoms with van der Waals surface area (Å²) in [7, 11) is 1.36. The van der Waals surface area contributed by atoms with Crippen molar-refractivity contribution < 1.29 is 24.2 Å². The average Bonchev–Trinajstić information content (AvgIpc) is 3.84. The molecule has 1 saturated heterocycles. The van der Waals surface area contributed by atoms with Crippen molar-refractivity contribution in [1.29, 1.82) is 0 Å². The molecule has 8 bridgehead atoms. The molecule has 9 nitrogen and oxygen atoms in total. The summed E-state index contributed by atoms with van der Waals surface area (Å²) in [6.45, 7) is 17.2. The number of ether oxygens (including phenoxy) is 2. The van der Waals surface area contributed by atoms with Gasteiger partial charge in [-0.1, -0.05) is 33.3 Å². The van der Waals surface area contributed by atoms with Gasteiger partial charge >= 0.3 is 11.9 Å². The summed E-state index contributed by atoms with van der Waals surface area (Å²) < 4.78 is 10.9. The van der Waals surface area contributed by atoms with E-state index in [1.54, 1.807) is 0 Å². The molecule has 2 aliphatic heterocycles. The number of fused-ring (bicyclic) bond motifs is 7. The summed E-state index contributed by atoms with van der Waals surface area (Å²) in [6, 6.07) is 0. The lowest BCUT2D eigenvalue weighted by Crippen LogP contribution is -2.24. The smallest absolute Gasteiger partial charge is 0.316 e. The summed E-state index contributed by atoms with van der Waals surface area (Å²) >= 11 is 0. The number of hydrogen-bond acceptors (Lipinski definition) is 6. The van der Waals surface area contributed by atoms with E-state index in [4.69, 9.17) is 9.47 Å². The Bertz CT molecular complexity index is 2070. The number of esters is 2. The van der Waals surface area contributed by atoms with Gasteiger partial charge in [0.05, 0.1) is 18.9 Å². The first-order valence-electron chi connectivity index (χ1n) is 18.1. The van der Waals surface area contributed by atoms with Crippen LogP contribution in [0, 0.1) is 38.5 Å². The van der Waals surface area contributed by atoms with E-state index in [0.29, 0.717) is 17.6 Å². The van der Waals surface area contributed by atoms with Crippen molar-refractivity contribution in [3.05, 3.63) is 89.9 Å². The van der Waals surface area contributed by atoms with Crippen LogP contribution < -0.4 is 16.0 Å². The minimum atomic E-state index is -1.10. The molecule has 9 heteroatoms. The number of methoxy groups -OCH3 is 1. The molecule has 0 radical (unpaired) electrons. The van der Waals surface area contributed by atoms with Crippen molar-refractivity contribution >= 4 is 35.7 Å². The molecule has 1 aliphatic carbocycles. The molecular formula is C41H52N4O5. The number of nitrogens with one attached hydrogen (secondary N) is 4. The van der Waals surface area contributed by atoms with Crippen LogP contribution in [-0.4, -0.2) is 45.7 Å². The largest absolute Gasteiger partial charge is 0.468 e. The minimum Gasteiger partial charge on any atom is -0.468 e. The molecule has 4 atom stereocenters. The highest BCUT2D eigenvalue weighted by atomic mass is 16.5. The van der Waals surface area contributed by atoms with Gasteiger partial charge in [-0.05, 0) is 105 Å². The molecule has 3 aliphatic rings. The summed E-state index contributed by atoms with van der Waals surface area (Å²) in [4.78, 5) is 37.6. The number of aliphatic hydroxyl groups excluding tert-OH is 1. The maximum absolute atomic E-state index is 13.5. The number of hydrogen-bond donors (Lipinski definition) is 5. The van der Waals surface area contributed by atoms with Crippen molar-refractivity contribution in [2.45, 2.75) is 93.6 Å². The van der Waals surface area contributed by atoms with Crippen molar-refractivity contribution in [2.75, 3.05) is 13.7 Å². The third kappa shape index (κ3) is 5.99. The van der Waals surface area contributed by atoms with Crippen LogP contribution in [-0.2, 0) is 31.9 Å². The third-order valence-electron chi connectivity index (χ3n) is 11.4. The van der Waals surface area contributed by atoms with E-state index in [2.05, 4.69) is 80.0 Å². The maximum Gasteiger partial charge on any atom is 0.316 e. The van der Waals surface area contributed by atoms with E-state index in [9.17, 15) is 14.7 Å². The number of aromatic amines is 3. The Balaban J connectivity index is 1.59. The molecule has 6 rings (SSSR count). The zero-order valence-electron chi connectivity index (χ0n) is 30.9. The van der Waals surface area contributed by atoms with Crippen molar-refractivity contribution in [3.63, 3.8) is 0 Å². The molecule has 0 aromatic carbocycles. The van der Waals surface area contributed by atoms with Crippen LogP contribution in [0.15, 0.2) is 23.0 Å². The molecule has 266 valence electrons. The van der Waals surface area contributed by atoms with E-state index in [0.717, 1.165) is 69.7 Å². The minimum absolute atomic E-state index is 0.0232. The van der Waals surface area contributed by atoms with Gasteiger partial charge in [0.25, 0.3) is 0 Å². The quantitative estimate of drug-likeness (QED) is 0.143. The van der Waals surface area contributed by atoms with Gasteiger partial charge in [-0.25, -0.2) is 0 Å². The molecule has 0 spiro atoms. The van der Waals surface area contributed by atoms with E-state index in [-0.39, 0.29) is 30.8 Å². The van der Waals surface area contributed by atoms with Crippen molar-refractivity contribution in [2.24, 2.45) is 17.8 Å². The summed E-state index contributed by atoms with van der Waals surface area (Å²) in [5.74, 6) is -1.87. The fourth-order valence-electron chi connectivity index (χ4n) is 8.18. The van der Waals surface area contributed by atoms with Crippen molar-refractivity contribution in [1.82, 2.24) is 20.3 Å². The number of carbonyl (C=O) groups is 2. The van der Waals surface area contributed by atoms with Crippen molar-refractivity contribution in [3.8, 4) is 0 Å². The van der Waals surface area contributed by atoms with Gasteiger partial charge in [0.15, 0.2) is 0 Å². The van der Waals surface area contributed by atoms with Gasteiger partial charge in [-0.3, -0.25) is 9.59 Å². The fourth-order valence-corrected chi connectivity index (χ4v) is 8.18. The highest BCUT2D eigenvalue weighted by Crippen LogP contribution is 2.52. The first kappa shape index (κ1) is 35.3. The lowest BCUT2D eigenvalue weighted by molar-refractivity contribution is -0.146. The first-order valence-corrected chi connectivity index (χ1v) is 18.1. The number of allylic oxidation sites excluding steroid dienone is 3. The van der Waals surface area contributed by atoms with Crippen LogP contribution in [0.3, 0.4) is 0 Å². The predicted octanol–water partition coefficient (Wildman–Crippen LogP) is 5.82. The normalized spacial score (nSPS) is 24.9. The number of aliphatic hydroxyl groups is 1. The van der Waals surface area contributed by atoms with Gasteiger partial charge in [0.2, 0.25) is 0 Å². The molecule has 0 amide bonds. The molecule has 3 aromatic rings. The Morgan fingerprint density at radius 1 is 0.900 bits per heavy atom. The number of rotatable bonds is 9. The molecule has 1 fully saturated rings.